The fourth-order valence-corrected chi connectivity index (χ4v) is 2.95. The summed E-state index contributed by atoms with van der Waals surface area (Å²) in [6.45, 7) is 2.68. The summed E-state index contributed by atoms with van der Waals surface area (Å²) in [4.78, 5) is 16.7. The van der Waals surface area contributed by atoms with Crippen molar-refractivity contribution in [2.45, 2.75) is 38.5 Å². The van der Waals surface area contributed by atoms with Crippen molar-refractivity contribution in [2.24, 2.45) is 5.92 Å². The minimum Gasteiger partial charge on any atom is -0.481 e. The molecule has 1 unspecified atom stereocenters. The number of carbonyl (C=O) groups is 1. The molecule has 0 bridgehead atoms. The van der Waals surface area contributed by atoms with Crippen LogP contribution in [0, 0.1) is 5.92 Å². The number of aliphatic hydroxyl groups is 1. The Hall–Kier alpha value is -2.41. The number of methoxy groups -OCH3 is 1. The van der Waals surface area contributed by atoms with E-state index in [0.717, 1.165) is 5.56 Å². The zero-order chi connectivity index (χ0) is 17.1. The summed E-state index contributed by atoms with van der Waals surface area (Å²) < 4.78 is 6.80. The van der Waals surface area contributed by atoms with Crippen LogP contribution >= 0.6 is 0 Å². The van der Waals surface area contributed by atoms with Crippen molar-refractivity contribution >= 4 is 5.91 Å². The molecule has 0 radical (unpaired) electrons. The number of amides is 1. The number of hydrogen-bond acceptors (Lipinski definition) is 5. The Morgan fingerprint density at radius 1 is 1.46 bits per heavy atom. The molecule has 0 spiro atoms. The summed E-state index contributed by atoms with van der Waals surface area (Å²) in [5.41, 5.74) is 1.29. The van der Waals surface area contributed by atoms with Crippen molar-refractivity contribution in [1.82, 2.24) is 20.1 Å². The number of ether oxygens (including phenoxy) is 1. The number of carbonyl (C=O) groups excluding carboxylic acids is 1. The molecule has 2 aromatic rings. The highest BCUT2D eigenvalue weighted by molar-refractivity contribution is 5.92. The number of nitrogens with zero attached hydrogens (tertiary/aromatic N) is 3. The molecule has 7 nitrogen and oxygen atoms in total. The molecule has 7 heteroatoms. The van der Waals surface area contributed by atoms with Crippen LogP contribution in [0.25, 0.3) is 0 Å². The SMILES string of the molecule is CCn1ccc(C(=O)NC(c2ccc(OC)nc2)C2CC(O)C2)n1. The summed E-state index contributed by atoms with van der Waals surface area (Å²) in [6.07, 6.45) is 4.53. The van der Waals surface area contributed by atoms with Crippen molar-refractivity contribution in [3.05, 3.63) is 41.9 Å². The van der Waals surface area contributed by atoms with E-state index in [0.29, 0.717) is 31.0 Å². The molecule has 0 aliphatic heterocycles. The number of aliphatic hydroxyl groups excluding tert-OH is 1. The van der Waals surface area contributed by atoms with Crippen molar-refractivity contribution in [2.75, 3.05) is 7.11 Å². The third-order valence-electron chi connectivity index (χ3n) is 4.43. The predicted molar refractivity (Wildman–Crippen MR) is 87.6 cm³/mol. The summed E-state index contributed by atoms with van der Waals surface area (Å²) in [7, 11) is 1.56. The van der Waals surface area contributed by atoms with Gasteiger partial charge in [0, 0.05) is 25.0 Å². The van der Waals surface area contributed by atoms with Gasteiger partial charge in [-0.3, -0.25) is 9.48 Å². The van der Waals surface area contributed by atoms with E-state index in [2.05, 4.69) is 15.4 Å². The molecule has 0 aromatic carbocycles. The first-order valence-corrected chi connectivity index (χ1v) is 8.13. The van der Waals surface area contributed by atoms with Crippen LogP contribution in [-0.2, 0) is 6.54 Å². The van der Waals surface area contributed by atoms with Crippen LogP contribution in [-0.4, -0.2) is 39.0 Å². The quantitative estimate of drug-likeness (QED) is 0.839. The minimum atomic E-state index is -0.292. The second kappa shape index (κ2) is 7.00. The molecular weight excluding hydrogens is 308 g/mol. The molecular formula is C17H22N4O3. The van der Waals surface area contributed by atoms with E-state index in [1.54, 1.807) is 36.3 Å². The molecule has 128 valence electrons. The molecule has 3 rings (SSSR count). The van der Waals surface area contributed by atoms with Crippen LogP contribution in [0.5, 0.6) is 5.88 Å². The lowest BCUT2D eigenvalue weighted by molar-refractivity contribution is 0.0234. The number of rotatable bonds is 6. The van der Waals surface area contributed by atoms with E-state index in [4.69, 9.17) is 4.74 Å². The van der Waals surface area contributed by atoms with Gasteiger partial charge in [-0.15, -0.1) is 0 Å². The van der Waals surface area contributed by atoms with E-state index >= 15 is 0 Å². The normalized spacial score (nSPS) is 21.0. The molecule has 1 aliphatic carbocycles. The van der Waals surface area contributed by atoms with Crippen molar-refractivity contribution in [1.29, 1.82) is 0 Å². The Balaban J connectivity index is 1.77. The van der Waals surface area contributed by atoms with Crippen LogP contribution in [0.3, 0.4) is 0 Å². The fraction of sp³-hybridized carbons (Fsp3) is 0.471. The van der Waals surface area contributed by atoms with Gasteiger partial charge in [-0.2, -0.15) is 5.10 Å². The highest BCUT2D eigenvalue weighted by atomic mass is 16.5. The number of nitrogens with one attached hydrogen (secondary N) is 1. The Morgan fingerprint density at radius 2 is 2.25 bits per heavy atom. The second-order valence-electron chi connectivity index (χ2n) is 6.03. The van der Waals surface area contributed by atoms with Crippen molar-refractivity contribution < 1.29 is 14.6 Å². The number of aryl methyl sites for hydroxylation is 1. The van der Waals surface area contributed by atoms with Gasteiger partial charge in [-0.1, -0.05) is 6.07 Å². The maximum atomic E-state index is 12.5. The van der Waals surface area contributed by atoms with Gasteiger partial charge in [0.1, 0.15) is 5.69 Å². The van der Waals surface area contributed by atoms with Gasteiger partial charge in [0.05, 0.1) is 19.3 Å². The zero-order valence-corrected chi connectivity index (χ0v) is 13.8. The molecule has 0 saturated heterocycles. The molecule has 2 aromatic heterocycles. The molecule has 1 fully saturated rings. The lowest BCUT2D eigenvalue weighted by Crippen LogP contribution is -2.41. The summed E-state index contributed by atoms with van der Waals surface area (Å²) in [5, 5.41) is 16.9. The molecule has 1 atom stereocenters. The molecule has 1 saturated carbocycles. The maximum absolute atomic E-state index is 12.5. The van der Waals surface area contributed by atoms with Gasteiger partial charge in [0.25, 0.3) is 5.91 Å². The molecule has 1 aliphatic rings. The topological polar surface area (TPSA) is 89.3 Å². The molecule has 2 heterocycles. The van der Waals surface area contributed by atoms with Gasteiger partial charge < -0.3 is 15.2 Å². The highest BCUT2D eigenvalue weighted by Gasteiger charge is 2.36. The Bertz CT molecular complexity index is 692. The summed E-state index contributed by atoms with van der Waals surface area (Å²) in [5.74, 6) is 0.496. The predicted octanol–water partition coefficient (Wildman–Crippen LogP) is 1.55. The summed E-state index contributed by atoms with van der Waals surface area (Å²) in [6, 6.07) is 5.17. The standard InChI is InChI=1S/C17H22N4O3/c1-3-21-7-6-14(20-21)17(23)19-16(12-8-13(22)9-12)11-4-5-15(24-2)18-10-11/h4-7,10,12-13,16,22H,3,8-9H2,1-2H3,(H,19,23). The maximum Gasteiger partial charge on any atom is 0.272 e. The Labute approximate surface area is 140 Å². The average molecular weight is 330 g/mol. The van der Waals surface area contributed by atoms with Crippen LogP contribution < -0.4 is 10.1 Å². The van der Waals surface area contributed by atoms with Crippen molar-refractivity contribution in [3.63, 3.8) is 0 Å². The van der Waals surface area contributed by atoms with E-state index < -0.39 is 0 Å². The van der Waals surface area contributed by atoms with E-state index in [1.165, 1.54) is 0 Å². The minimum absolute atomic E-state index is 0.187. The number of aromatic nitrogens is 3. The van der Waals surface area contributed by atoms with E-state index in [9.17, 15) is 9.90 Å². The highest BCUT2D eigenvalue weighted by Crippen LogP contribution is 2.38. The third-order valence-corrected chi connectivity index (χ3v) is 4.43. The van der Waals surface area contributed by atoms with Gasteiger partial charge in [0.2, 0.25) is 5.88 Å². The fourth-order valence-electron chi connectivity index (χ4n) is 2.95. The second-order valence-corrected chi connectivity index (χ2v) is 6.03. The Kier molecular flexibility index (Phi) is 4.80. The first-order valence-electron chi connectivity index (χ1n) is 8.13. The lowest BCUT2D eigenvalue weighted by atomic mass is 9.75. The first-order chi connectivity index (χ1) is 11.6. The van der Waals surface area contributed by atoms with Gasteiger partial charge in [0.15, 0.2) is 0 Å². The average Bonchev–Trinajstić information content (AvgIpc) is 3.06. The van der Waals surface area contributed by atoms with Gasteiger partial charge in [-0.05, 0) is 37.3 Å². The lowest BCUT2D eigenvalue weighted by Gasteiger charge is -2.38. The first kappa shape index (κ1) is 16.4. The number of pyridine rings is 1. The Morgan fingerprint density at radius 3 is 2.79 bits per heavy atom. The molecule has 1 amide bonds. The molecule has 24 heavy (non-hydrogen) atoms. The van der Waals surface area contributed by atoms with Crippen LogP contribution in [0.1, 0.15) is 41.9 Å². The van der Waals surface area contributed by atoms with Gasteiger partial charge in [-0.25, -0.2) is 4.98 Å². The van der Waals surface area contributed by atoms with Crippen LogP contribution in [0.15, 0.2) is 30.6 Å². The monoisotopic (exact) mass is 330 g/mol. The number of hydrogen-bond donors (Lipinski definition) is 2. The van der Waals surface area contributed by atoms with E-state index in [-0.39, 0.29) is 24.0 Å². The van der Waals surface area contributed by atoms with Gasteiger partial charge >= 0.3 is 0 Å². The van der Waals surface area contributed by atoms with Crippen molar-refractivity contribution in [3.8, 4) is 5.88 Å². The third kappa shape index (κ3) is 3.41. The molecule has 2 N–H and O–H groups in total. The van der Waals surface area contributed by atoms with Crippen LogP contribution in [0.4, 0.5) is 0 Å². The largest absolute Gasteiger partial charge is 0.481 e. The van der Waals surface area contributed by atoms with E-state index in [1.807, 2.05) is 13.0 Å². The zero-order valence-electron chi connectivity index (χ0n) is 13.8. The smallest absolute Gasteiger partial charge is 0.272 e. The van der Waals surface area contributed by atoms with Crippen LogP contribution in [0.2, 0.25) is 0 Å². The summed E-state index contributed by atoms with van der Waals surface area (Å²) >= 11 is 0.